The molecule has 0 aliphatic heterocycles. The molecule has 1 aromatic rings. The Hall–Kier alpha value is -0.960. The van der Waals surface area contributed by atoms with Crippen LogP contribution in [0.2, 0.25) is 5.15 Å². The predicted octanol–water partition coefficient (Wildman–Crippen LogP) is 3.06. The van der Waals surface area contributed by atoms with Crippen LogP contribution in [0.25, 0.3) is 0 Å². The zero-order valence-corrected chi connectivity index (χ0v) is 9.62. The van der Waals surface area contributed by atoms with Crippen LogP contribution >= 0.6 is 11.6 Å². The van der Waals surface area contributed by atoms with Crippen molar-refractivity contribution >= 4 is 11.6 Å². The van der Waals surface area contributed by atoms with Crippen molar-refractivity contribution in [1.29, 1.82) is 0 Å². The molecular weight excluding hydrogens is 214 g/mol. The van der Waals surface area contributed by atoms with Crippen molar-refractivity contribution in [1.82, 2.24) is 4.98 Å². The van der Waals surface area contributed by atoms with Crippen LogP contribution in [-0.4, -0.2) is 17.2 Å². The molecule has 0 atom stereocenters. The van der Waals surface area contributed by atoms with E-state index in [1.54, 1.807) is 12.1 Å². The van der Waals surface area contributed by atoms with Crippen molar-refractivity contribution in [3.8, 4) is 11.6 Å². The Morgan fingerprint density at radius 2 is 2.13 bits per heavy atom. The fourth-order valence-electron chi connectivity index (χ4n) is 1.20. The Labute approximate surface area is 94.4 Å². The number of hydrogen-bond donors (Lipinski definition) is 0. The van der Waals surface area contributed by atoms with Gasteiger partial charge in [0.1, 0.15) is 10.9 Å². The highest BCUT2D eigenvalue weighted by molar-refractivity contribution is 6.29. The molecule has 0 amide bonds. The third kappa shape index (κ3) is 3.27. The Balaban J connectivity index is 2.11. The van der Waals surface area contributed by atoms with E-state index in [1.807, 2.05) is 13.8 Å². The minimum absolute atomic E-state index is 0.0877. The van der Waals surface area contributed by atoms with E-state index in [0.717, 1.165) is 18.6 Å². The smallest absolute Gasteiger partial charge is 0.218 e. The topological polar surface area (TPSA) is 31.4 Å². The van der Waals surface area contributed by atoms with Gasteiger partial charge >= 0.3 is 0 Å². The van der Waals surface area contributed by atoms with E-state index >= 15 is 0 Å². The molecule has 4 heteroatoms. The van der Waals surface area contributed by atoms with Crippen LogP contribution in [0.15, 0.2) is 12.1 Å². The highest BCUT2D eigenvalue weighted by Gasteiger charge is 2.24. The van der Waals surface area contributed by atoms with E-state index in [9.17, 15) is 0 Å². The molecule has 15 heavy (non-hydrogen) atoms. The first kappa shape index (κ1) is 10.6. The second-order valence-electron chi connectivity index (χ2n) is 3.95. The van der Waals surface area contributed by atoms with Crippen LogP contribution in [0.4, 0.5) is 0 Å². The van der Waals surface area contributed by atoms with E-state index in [1.165, 1.54) is 0 Å². The average molecular weight is 228 g/mol. The summed E-state index contributed by atoms with van der Waals surface area (Å²) >= 11 is 5.87. The standard InChI is InChI=1S/C11H14ClNO2/c1-7(2)14-11-6-9(5-10(12)13-11)15-8-3-4-8/h5-8H,3-4H2,1-2H3. The van der Waals surface area contributed by atoms with Crippen molar-refractivity contribution in [2.45, 2.75) is 38.9 Å². The van der Waals surface area contributed by atoms with Crippen LogP contribution in [0, 0.1) is 0 Å². The lowest BCUT2D eigenvalue weighted by molar-refractivity contribution is 0.229. The first-order chi connectivity index (χ1) is 7.13. The van der Waals surface area contributed by atoms with E-state index in [4.69, 9.17) is 21.1 Å². The lowest BCUT2D eigenvalue weighted by atomic mass is 10.4. The number of pyridine rings is 1. The summed E-state index contributed by atoms with van der Waals surface area (Å²) in [6.45, 7) is 3.90. The summed E-state index contributed by atoms with van der Waals surface area (Å²) in [6.07, 6.45) is 2.70. The van der Waals surface area contributed by atoms with Crippen LogP contribution in [0.3, 0.4) is 0 Å². The summed E-state index contributed by atoms with van der Waals surface area (Å²) in [5.74, 6) is 1.27. The van der Waals surface area contributed by atoms with Gasteiger partial charge in [0.15, 0.2) is 0 Å². The molecule has 2 rings (SSSR count). The molecule has 0 saturated heterocycles. The second-order valence-corrected chi connectivity index (χ2v) is 4.33. The monoisotopic (exact) mass is 227 g/mol. The minimum Gasteiger partial charge on any atom is -0.490 e. The number of aromatic nitrogens is 1. The molecule has 1 aliphatic rings. The molecule has 0 aromatic carbocycles. The lowest BCUT2D eigenvalue weighted by Gasteiger charge is -2.11. The number of halogens is 1. The van der Waals surface area contributed by atoms with Gasteiger partial charge in [-0.3, -0.25) is 0 Å². The quantitative estimate of drug-likeness (QED) is 0.741. The maximum Gasteiger partial charge on any atom is 0.218 e. The van der Waals surface area contributed by atoms with Gasteiger partial charge in [-0.1, -0.05) is 11.6 Å². The summed E-state index contributed by atoms with van der Waals surface area (Å²) < 4.78 is 11.1. The Morgan fingerprint density at radius 1 is 1.40 bits per heavy atom. The molecular formula is C11H14ClNO2. The van der Waals surface area contributed by atoms with Crippen LogP contribution in [0.1, 0.15) is 26.7 Å². The van der Waals surface area contributed by atoms with E-state index in [2.05, 4.69) is 4.98 Å². The SMILES string of the molecule is CC(C)Oc1cc(OC2CC2)cc(Cl)n1. The molecule has 1 saturated carbocycles. The molecule has 0 spiro atoms. The van der Waals surface area contributed by atoms with Crippen molar-refractivity contribution in [2.24, 2.45) is 0 Å². The van der Waals surface area contributed by atoms with Crippen LogP contribution < -0.4 is 9.47 Å². The molecule has 0 bridgehead atoms. The summed E-state index contributed by atoms with van der Waals surface area (Å²) in [5.41, 5.74) is 0. The van der Waals surface area contributed by atoms with Crippen molar-refractivity contribution < 1.29 is 9.47 Å². The van der Waals surface area contributed by atoms with Gasteiger partial charge in [-0.2, -0.15) is 0 Å². The highest BCUT2D eigenvalue weighted by atomic mass is 35.5. The summed E-state index contributed by atoms with van der Waals surface area (Å²) in [5, 5.41) is 0.406. The number of nitrogens with zero attached hydrogens (tertiary/aromatic N) is 1. The van der Waals surface area contributed by atoms with E-state index in [0.29, 0.717) is 17.1 Å². The molecule has 1 heterocycles. The maximum atomic E-state index is 5.87. The Morgan fingerprint density at radius 3 is 2.73 bits per heavy atom. The normalized spacial score (nSPS) is 15.5. The molecule has 1 aliphatic carbocycles. The number of ether oxygens (including phenoxy) is 2. The third-order valence-electron chi connectivity index (χ3n) is 1.93. The molecule has 82 valence electrons. The van der Waals surface area contributed by atoms with E-state index < -0.39 is 0 Å². The Kier molecular flexibility index (Phi) is 3.00. The largest absolute Gasteiger partial charge is 0.490 e. The second kappa shape index (κ2) is 4.27. The van der Waals surface area contributed by atoms with Gasteiger partial charge in [-0.05, 0) is 26.7 Å². The highest BCUT2D eigenvalue weighted by Crippen LogP contribution is 2.30. The van der Waals surface area contributed by atoms with Gasteiger partial charge in [0.25, 0.3) is 0 Å². The van der Waals surface area contributed by atoms with E-state index in [-0.39, 0.29) is 6.10 Å². The van der Waals surface area contributed by atoms with Gasteiger partial charge in [-0.25, -0.2) is 4.98 Å². The summed E-state index contributed by atoms with van der Waals surface area (Å²) in [4.78, 5) is 4.06. The molecule has 0 N–H and O–H groups in total. The van der Waals surface area contributed by atoms with Gasteiger partial charge < -0.3 is 9.47 Å². The average Bonchev–Trinajstić information content (AvgIpc) is 2.85. The molecule has 1 aromatic heterocycles. The third-order valence-corrected chi connectivity index (χ3v) is 2.12. The number of rotatable bonds is 4. The van der Waals surface area contributed by atoms with Gasteiger partial charge in [0, 0.05) is 12.1 Å². The zero-order valence-electron chi connectivity index (χ0n) is 8.87. The maximum absolute atomic E-state index is 5.87. The fourth-order valence-corrected chi connectivity index (χ4v) is 1.39. The fraction of sp³-hybridized carbons (Fsp3) is 0.545. The van der Waals surface area contributed by atoms with Crippen molar-refractivity contribution in [3.63, 3.8) is 0 Å². The lowest BCUT2D eigenvalue weighted by Crippen LogP contribution is -2.07. The summed E-state index contributed by atoms with van der Waals surface area (Å²) in [7, 11) is 0. The molecule has 1 fully saturated rings. The van der Waals surface area contributed by atoms with Gasteiger partial charge in [-0.15, -0.1) is 0 Å². The van der Waals surface area contributed by atoms with Gasteiger partial charge in [0.05, 0.1) is 12.2 Å². The van der Waals surface area contributed by atoms with Gasteiger partial charge in [0.2, 0.25) is 5.88 Å². The minimum atomic E-state index is 0.0877. The van der Waals surface area contributed by atoms with Crippen LogP contribution in [-0.2, 0) is 0 Å². The zero-order chi connectivity index (χ0) is 10.8. The molecule has 0 radical (unpaired) electrons. The Bertz CT molecular complexity index is 328. The number of hydrogen-bond acceptors (Lipinski definition) is 3. The first-order valence-corrected chi connectivity index (χ1v) is 5.52. The first-order valence-electron chi connectivity index (χ1n) is 5.14. The molecule has 0 unspecified atom stereocenters. The van der Waals surface area contributed by atoms with Crippen LogP contribution in [0.5, 0.6) is 11.6 Å². The summed E-state index contributed by atoms with van der Waals surface area (Å²) in [6, 6.07) is 3.50. The van der Waals surface area contributed by atoms with Crippen molar-refractivity contribution in [3.05, 3.63) is 17.3 Å². The molecule has 3 nitrogen and oxygen atoms in total. The predicted molar refractivity (Wildman–Crippen MR) is 58.7 cm³/mol. The van der Waals surface area contributed by atoms with Crippen molar-refractivity contribution in [2.75, 3.05) is 0 Å².